The van der Waals surface area contributed by atoms with Gasteiger partial charge in [-0.1, -0.05) is 57.4 Å². The Bertz CT molecular complexity index is 967. The first-order chi connectivity index (χ1) is 16.8. The van der Waals surface area contributed by atoms with Crippen LogP contribution in [0.3, 0.4) is 0 Å². The van der Waals surface area contributed by atoms with Gasteiger partial charge in [-0.25, -0.2) is 0 Å². The van der Waals surface area contributed by atoms with E-state index in [-0.39, 0.29) is 11.2 Å². The molecule has 1 saturated heterocycles. The zero-order valence-electron chi connectivity index (χ0n) is 19.7. The number of carbonyl (C=O) groups excluding carboxylic acids is 3. The van der Waals surface area contributed by atoms with Gasteiger partial charge in [-0.2, -0.15) is 0 Å². The fourth-order valence-corrected chi connectivity index (χ4v) is 5.84. The summed E-state index contributed by atoms with van der Waals surface area (Å²) in [6.45, 7) is 0. The summed E-state index contributed by atoms with van der Waals surface area (Å²) in [6.07, 6.45) is 14.3. The van der Waals surface area contributed by atoms with Crippen LogP contribution >= 0.6 is 27.7 Å². The largest absolute Gasteiger partial charge is 0.481 e. The van der Waals surface area contributed by atoms with Crippen LogP contribution in [-0.4, -0.2) is 28.2 Å². The summed E-state index contributed by atoms with van der Waals surface area (Å²) in [7, 11) is 0. The van der Waals surface area contributed by atoms with Crippen molar-refractivity contribution in [2.45, 2.75) is 77.0 Å². The molecule has 0 spiro atoms. The standard InChI is InChI=1S/C18H18BrNO4S.C8H14O2/c19-13-9-12(10-15-17(22)20-18(23)25-15)5-7-14(13)24-16(21)8-6-11-3-1-2-4-11;9-8(10)6-5-7-3-1-2-4-7/h5,7,9-11H,1-4,6,8H2,(H,20,22,23);7H,1-6H2,(H,9,10)/b15-10-;. The zero-order chi connectivity index (χ0) is 25.2. The molecule has 0 bridgehead atoms. The van der Waals surface area contributed by atoms with Gasteiger partial charge in [0.25, 0.3) is 11.1 Å². The number of halogens is 1. The summed E-state index contributed by atoms with van der Waals surface area (Å²) < 4.78 is 6.05. The highest BCUT2D eigenvalue weighted by Gasteiger charge is 2.25. The number of amides is 2. The highest BCUT2D eigenvalue weighted by atomic mass is 79.9. The van der Waals surface area contributed by atoms with Crippen LogP contribution in [0.1, 0.15) is 82.6 Å². The number of hydrogen-bond acceptors (Lipinski definition) is 6. The van der Waals surface area contributed by atoms with Crippen molar-refractivity contribution >= 4 is 56.9 Å². The van der Waals surface area contributed by atoms with Gasteiger partial charge < -0.3 is 9.84 Å². The van der Waals surface area contributed by atoms with Gasteiger partial charge in [-0.15, -0.1) is 0 Å². The lowest BCUT2D eigenvalue weighted by Gasteiger charge is -2.10. The van der Waals surface area contributed by atoms with E-state index in [1.165, 1.54) is 51.4 Å². The van der Waals surface area contributed by atoms with Crippen molar-refractivity contribution in [3.63, 3.8) is 0 Å². The number of ether oxygens (including phenoxy) is 1. The molecule has 0 aromatic heterocycles. The minimum atomic E-state index is -0.646. The van der Waals surface area contributed by atoms with E-state index >= 15 is 0 Å². The minimum Gasteiger partial charge on any atom is -0.481 e. The van der Waals surface area contributed by atoms with E-state index in [1.54, 1.807) is 24.3 Å². The Kier molecular flexibility index (Phi) is 10.8. The second-order valence-corrected chi connectivity index (χ2v) is 11.2. The van der Waals surface area contributed by atoms with E-state index in [0.29, 0.717) is 33.9 Å². The Labute approximate surface area is 218 Å². The lowest BCUT2D eigenvalue weighted by atomic mass is 10.0. The Hall–Kier alpha value is -2.13. The van der Waals surface area contributed by atoms with Crippen molar-refractivity contribution < 1.29 is 29.0 Å². The summed E-state index contributed by atoms with van der Waals surface area (Å²) in [4.78, 5) is 45.3. The molecule has 0 atom stereocenters. The molecule has 2 aliphatic carbocycles. The second-order valence-electron chi connectivity index (χ2n) is 9.29. The molecule has 190 valence electrons. The van der Waals surface area contributed by atoms with Crippen molar-refractivity contribution in [2.24, 2.45) is 11.8 Å². The summed E-state index contributed by atoms with van der Waals surface area (Å²) in [6, 6.07) is 5.18. The average molecular weight is 567 g/mol. The van der Waals surface area contributed by atoms with Crippen molar-refractivity contribution in [3.05, 3.63) is 33.1 Å². The van der Waals surface area contributed by atoms with Gasteiger partial charge in [0.15, 0.2) is 0 Å². The van der Waals surface area contributed by atoms with E-state index in [4.69, 9.17) is 9.84 Å². The maximum Gasteiger partial charge on any atom is 0.311 e. The fraction of sp³-hybridized carbons (Fsp3) is 0.538. The number of carboxylic acids is 1. The molecular weight excluding hydrogens is 534 g/mol. The third kappa shape index (κ3) is 9.44. The van der Waals surface area contributed by atoms with Crippen molar-refractivity contribution in [2.75, 3.05) is 0 Å². The molecule has 4 rings (SSSR count). The number of carboxylic acid groups (broad SMARTS) is 1. The molecule has 1 heterocycles. The Morgan fingerprint density at radius 2 is 1.63 bits per heavy atom. The van der Waals surface area contributed by atoms with Crippen LogP contribution in [0.2, 0.25) is 0 Å². The van der Waals surface area contributed by atoms with Crippen LogP contribution in [0.15, 0.2) is 27.6 Å². The lowest BCUT2D eigenvalue weighted by molar-refractivity contribution is -0.137. The number of imide groups is 1. The van der Waals surface area contributed by atoms with Crippen LogP contribution in [0.5, 0.6) is 5.75 Å². The van der Waals surface area contributed by atoms with Gasteiger partial charge in [0, 0.05) is 12.8 Å². The first-order valence-electron chi connectivity index (χ1n) is 12.3. The highest BCUT2D eigenvalue weighted by Crippen LogP contribution is 2.32. The number of aliphatic carboxylic acids is 1. The van der Waals surface area contributed by atoms with Crippen LogP contribution in [-0.2, 0) is 14.4 Å². The Morgan fingerprint density at radius 3 is 2.14 bits per heavy atom. The van der Waals surface area contributed by atoms with Crippen molar-refractivity contribution in [1.82, 2.24) is 5.32 Å². The van der Waals surface area contributed by atoms with E-state index in [9.17, 15) is 19.2 Å². The number of thioether (sulfide) groups is 1. The maximum atomic E-state index is 12.0. The minimum absolute atomic E-state index is 0.227. The Balaban J connectivity index is 0.000000287. The number of hydrogen-bond donors (Lipinski definition) is 2. The number of benzene rings is 1. The fourth-order valence-electron chi connectivity index (χ4n) is 4.68. The summed E-state index contributed by atoms with van der Waals surface area (Å²) >= 11 is 4.26. The molecule has 1 aromatic carbocycles. The van der Waals surface area contributed by atoms with Crippen LogP contribution in [0.4, 0.5) is 4.79 Å². The van der Waals surface area contributed by atoms with Gasteiger partial charge in [0.1, 0.15) is 5.75 Å². The van der Waals surface area contributed by atoms with Crippen molar-refractivity contribution in [3.8, 4) is 5.75 Å². The SMILES string of the molecule is O=C(CCC1CCCC1)Oc1ccc(/C=C2\SC(=O)NC2=O)cc1Br.O=C(O)CCC1CCCC1. The molecule has 0 unspecified atom stereocenters. The average Bonchev–Trinajstić information content (AvgIpc) is 3.57. The smallest absolute Gasteiger partial charge is 0.311 e. The predicted octanol–water partition coefficient (Wildman–Crippen LogP) is 6.69. The molecule has 3 aliphatic rings. The maximum absolute atomic E-state index is 12.0. The molecule has 0 radical (unpaired) electrons. The van der Waals surface area contributed by atoms with Gasteiger partial charge in [-0.05, 0) is 76.1 Å². The van der Waals surface area contributed by atoms with Crippen LogP contribution in [0, 0.1) is 11.8 Å². The Morgan fingerprint density at radius 1 is 1.03 bits per heavy atom. The number of nitrogens with one attached hydrogen (secondary N) is 1. The summed E-state index contributed by atoms with van der Waals surface area (Å²) in [5, 5.41) is 10.2. The third-order valence-electron chi connectivity index (χ3n) is 6.59. The van der Waals surface area contributed by atoms with Crippen molar-refractivity contribution in [1.29, 1.82) is 0 Å². The molecule has 3 fully saturated rings. The molecule has 2 saturated carbocycles. The first-order valence-corrected chi connectivity index (χ1v) is 13.9. The van der Waals surface area contributed by atoms with Crippen LogP contribution < -0.4 is 10.1 Å². The lowest BCUT2D eigenvalue weighted by Crippen LogP contribution is -2.17. The van der Waals surface area contributed by atoms with Gasteiger partial charge in [0.2, 0.25) is 0 Å². The second kappa shape index (κ2) is 13.8. The quantitative estimate of drug-likeness (QED) is 0.205. The van der Waals surface area contributed by atoms with E-state index in [0.717, 1.165) is 36.1 Å². The molecule has 9 heteroatoms. The molecule has 7 nitrogen and oxygen atoms in total. The molecule has 2 amide bonds. The summed E-state index contributed by atoms with van der Waals surface area (Å²) in [5.74, 6) is 0.563. The molecular formula is C26H32BrNO6S. The normalized spacial score (nSPS) is 19.5. The topological polar surface area (TPSA) is 110 Å². The monoisotopic (exact) mass is 565 g/mol. The zero-order valence-corrected chi connectivity index (χ0v) is 22.1. The van der Waals surface area contributed by atoms with E-state index in [2.05, 4.69) is 21.2 Å². The van der Waals surface area contributed by atoms with E-state index < -0.39 is 11.9 Å². The predicted molar refractivity (Wildman–Crippen MR) is 139 cm³/mol. The molecule has 35 heavy (non-hydrogen) atoms. The first kappa shape index (κ1) is 27.5. The van der Waals surface area contributed by atoms with Gasteiger partial charge >= 0.3 is 11.9 Å². The molecule has 1 aromatic rings. The van der Waals surface area contributed by atoms with Gasteiger partial charge in [0.05, 0.1) is 9.38 Å². The number of carbonyl (C=O) groups is 4. The molecule has 2 N–H and O–H groups in total. The highest BCUT2D eigenvalue weighted by molar-refractivity contribution is 9.10. The third-order valence-corrected chi connectivity index (χ3v) is 8.02. The van der Waals surface area contributed by atoms with E-state index in [1.807, 2.05) is 0 Å². The summed E-state index contributed by atoms with van der Waals surface area (Å²) in [5.41, 5.74) is 0.741. The number of rotatable bonds is 8. The van der Waals surface area contributed by atoms with Crippen LogP contribution in [0.25, 0.3) is 6.08 Å². The van der Waals surface area contributed by atoms with Gasteiger partial charge in [-0.3, -0.25) is 24.5 Å². The molecule has 1 aliphatic heterocycles. The number of esters is 1.